The van der Waals surface area contributed by atoms with E-state index in [2.05, 4.69) is 42.1 Å². The van der Waals surface area contributed by atoms with Gasteiger partial charge in [-0.3, -0.25) is 53.4 Å². The van der Waals surface area contributed by atoms with Crippen LogP contribution in [0.1, 0.15) is 75.6 Å². The maximum Gasteiger partial charge on any atom is 0.326 e. The Morgan fingerprint density at radius 1 is 0.628 bits per heavy atom. The summed E-state index contributed by atoms with van der Waals surface area (Å²) < 4.78 is 7.63. The number of amides is 4. The molecule has 3 heterocycles. The topological polar surface area (TPSA) is 390 Å². The molecule has 0 radical (unpaired) electrons. The Kier molecular flexibility index (Phi) is 27.6. The molecule has 78 heavy (non-hydrogen) atoms. The Morgan fingerprint density at radius 2 is 1.22 bits per heavy atom. The van der Waals surface area contributed by atoms with E-state index in [0.29, 0.717) is 109 Å². The van der Waals surface area contributed by atoms with Crippen molar-refractivity contribution in [1.82, 2.24) is 66.4 Å². The molecule has 2 aromatic rings. The number of ether oxygens (including phenoxy) is 1. The van der Waals surface area contributed by atoms with Crippen LogP contribution >= 0.6 is 0 Å². The molecule has 12 N–H and O–H groups in total. The van der Waals surface area contributed by atoms with E-state index >= 15 is 0 Å². The van der Waals surface area contributed by atoms with Crippen molar-refractivity contribution in [2.24, 2.45) is 0 Å². The van der Waals surface area contributed by atoms with Gasteiger partial charge in [-0.25, -0.2) is 19.4 Å². The largest absolute Gasteiger partial charge is 0.487 e. The molecule has 1 fully saturated rings. The Bertz CT molecular complexity index is 2290. The summed E-state index contributed by atoms with van der Waals surface area (Å²) in [6, 6.07) is 3.71. The first-order valence-electron chi connectivity index (χ1n) is 25.8. The van der Waals surface area contributed by atoms with E-state index in [4.69, 9.17) is 9.84 Å². The Balaban J connectivity index is 1.15. The van der Waals surface area contributed by atoms with Crippen LogP contribution in [0.4, 0.5) is 4.79 Å². The number of carbonyl (C=O) groups excluding carboxylic acids is 3. The van der Waals surface area contributed by atoms with E-state index < -0.39 is 60.4 Å². The van der Waals surface area contributed by atoms with Gasteiger partial charge in [0.15, 0.2) is 0 Å². The van der Waals surface area contributed by atoms with Crippen molar-refractivity contribution in [2.45, 2.75) is 95.9 Å². The monoisotopic (exact) mass is 1100 g/mol. The highest BCUT2D eigenvalue weighted by molar-refractivity contribution is 5.86. The second-order valence-electron chi connectivity index (χ2n) is 18.9. The zero-order valence-corrected chi connectivity index (χ0v) is 43.7. The number of aliphatic carboxylic acids is 6. The summed E-state index contributed by atoms with van der Waals surface area (Å²) in [6.07, 6.45) is 7.83. The van der Waals surface area contributed by atoms with Crippen LogP contribution < -0.4 is 37.0 Å². The maximum absolute atomic E-state index is 12.9. The number of rotatable bonds is 37. The highest BCUT2D eigenvalue weighted by Crippen LogP contribution is 2.18. The van der Waals surface area contributed by atoms with Gasteiger partial charge in [0, 0.05) is 96.9 Å². The number of carbonyl (C=O) groups is 9. The zero-order valence-electron chi connectivity index (χ0n) is 43.7. The average Bonchev–Trinajstić information content (AvgIpc) is 4.04. The van der Waals surface area contributed by atoms with Gasteiger partial charge in [0.2, 0.25) is 11.8 Å². The Labute approximate surface area is 450 Å². The molecule has 2 atom stereocenters. The number of urea groups is 1. The molecular weight excluding hydrogens is 1030 g/mol. The SMILES string of the molecule is O=C(O)CCC(NC(=O)NC(CCCCNC(=O)CCCCCN(Cc1ccc(OCC2=CN(CCCNC(=O)CN3CCN(CC(=O)O)CCN(CC(=O)O)CC3)NN2)cc1)Cc1nccn1CC(=O)O)C(=O)O)C(=O)O. The van der Waals surface area contributed by atoms with Crippen LogP contribution in [0.25, 0.3) is 0 Å². The third-order valence-corrected chi connectivity index (χ3v) is 12.5. The van der Waals surface area contributed by atoms with Crippen LogP contribution in [0, 0.1) is 0 Å². The Morgan fingerprint density at radius 3 is 1.82 bits per heavy atom. The van der Waals surface area contributed by atoms with Gasteiger partial charge in [-0.2, -0.15) is 0 Å². The van der Waals surface area contributed by atoms with E-state index in [0.717, 1.165) is 24.1 Å². The van der Waals surface area contributed by atoms with Crippen LogP contribution in [0.3, 0.4) is 0 Å². The van der Waals surface area contributed by atoms with Gasteiger partial charge in [0.1, 0.15) is 36.8 Å². The van der Waals surface area contributed by atoms with Gasteiger partial charge >= 0.3 is 41.8 Å². The molecule has 0 aliphatic carbocycles. The normalized spacial score (nSPS) is 15.1. The third kappa shape index (κ3) is 26.0. The molecule has 1 aromatic heterocycles. The average molecular weight is 1100 g/mol. The zero-order chi connectivity index (χ0) is 56.8. The van der Waals surface area contributed by atoms with Crippen molar-refractivity contribution in [2.75, 3.05) is 91.7 Å². The summed E-state index contributed by atoms with van der Waals surface area (Å²) in [7, 11) is 0. The summed E-state index contributed by atoms with van der Waals surface area (Å²) in [4.78, 5) is 118. The minimum Gasteiger partial charge on any atom is -0.487 e. The van der Waals surface area contributed by atoms with Crippen LogP contribution in [0.5, 0.6) is 5.75 Å². The number of nitrogens with zero attached hydrogens (tertiary/aromatic N) is 7. The van der Waals surface area contributed by atoms with Crippen molar-refractivity contribution < 1.29 is 78.5 Å². The molecule has 1 saturated heterocycles. The summed E-state index contributed by atoms with van der Waals surface area (Å²) in [5, 5.41) is 67.5. The van der Waals surface area contributed by atoms with Crippen molar-refractivity contribution in [3.63, 3.8) is 0 Å². The Hall–Kier alpha value is -7.60. The second-order valence-corrected chi connectivity index (χ2v) is 18.9. The van der Waals surface area contributed by atoms with E-state index in [1.807, 2.05) is 40.4 Å². The number of aromatic nitrogens is 2. The second kappa shape index (κ2) is 34.2. The van der Waals surface area contributed by atoms with Gasteiger partial charge in [-0.1, -0.05) is 18.6 Å². The molecule has 0 bridgehead atoms. The van der Waals surface area contributed by atoms with Crippen LogP contribution in [0.2, 0.25) is 0 Å². The molecule has 29 heteroatoms. The van der Waals surface area contributed by atoms with E-state index in [1.165, 1.54) is 0 Å². The van der Waals surface area contributed by atoms with Crippen LogP contribution in [0.15, 0.2) is 48.6 Å². The van der Waals surface area contributed by atoms with E-state index in [-0.39, 0.29) is 70.4 Å². The summed E-state index contributed by atoms with van der Waals surface area (Å²) in [5.74, 6) is -6.11. The number of imidazole rings is 1. The molecule has 2 unspecified atom stereocenters. The fraction of sp³-hybridized carbons (Fsp3) is 0.592. The minimum atomic E-state index is -1.51. The number of carboxylic acid groups (broad SMARTS) is 6. The fourth-order valence-electron chi connectivity index (χ4n) is 8.40. The summed E-state index contributed by atoms with van der Waals surface area (Å²) >= 11 is 0. The maximum atomic E-state index is 12.9. The number of hydrazine groups is 2. The first kappa shape index (κ1) is 62.9. The lowest BCUT2D eigenvalue weighted by Crippen LogP contribution is -2.51. The molecule has 29 nitrogen and oxygen atoms in total. The molecule has 2 aliphatic heterocycles. The summed E-state index contributed by atoms with van der Waals surface area (Å²) in [5.41, 5.74) is 7.90. The summed E-state index contributed by atoms with van der Waals surface area (Å²) in [6.45, 7) is 5.18. The smallest absolute Gasteiger partial charge is 0.326 e. The predicted octanol–water partition coefficient (Wildman–Crippen LogP) is -0.973. The van der Waals surface area contributed by atoms with E-state index in [9.17, 15) is 68.7 Å². The number of hydrogen-bond acceptors (Lipinski definition) is 18. The van der Waals surface area contributed by atoms with Crippen LogP contribution in [-0.4, -0.2) is 222 Å². The van der Waals surface area contributed by atoms with Gasteiger partial charge in [0.05, 0.1) is 31.9 Å². The molecule has 0 spiro atoms. The van der Waals surface area contributed by atoms with Gasteiger partial charge in [-0.05, 0) is 69.2 Å². The number of carboxylic acids is 6. The number of unbranched alkanes of at least 4 members (excludes halogenated alkanes) is 3. The molecule has 4 amide bonds. The number of benzene rings is 1. The molecule has 4 rings (SSSR count). The number of hydrogen-bond donors (Lipinski definition) is 12. The molecule has 1 aromatic carbocycles. The molecule has 432 valence electrons. The fourth-order valence-corrected chi connectivity index (χ4v) is 8.40. The minimum absolute atomic E-state index is 0.00433. The predicted molar refractivity (Wildman–Crippen MR) is 276 cm³/mol. The first-order valence-corrected chi connectivity index (χ1v) is 25.8. The molecule has 0 saturated carbocycles. The lowest BCUT2D eigenvalue weighted by Gasteiger charge is -2.24. The molecular formula is C49H75N13O16. The van der Waals surface area contributed by atoms with Crippen LogP contribution in [-0.2, 0) is 58.0 Å². The standard InChI is InChI=1S/C49H75N13O16/c63-41(51-15-4-3-7-38(47(73)74)53-49(77)54-39(48(75)76)13-14-43(65)66)8-2-1-5-18-60(29-40-50-17-20-61(40)33-46(71)72)27-35-9-11-37(12-10-35)78-34-36-28-62(56-55-36)19-6-16-52-42(64)30-57-21-23-58(31-44(67)68)25-26-59(24-22-57)32-45(69)70/h9-12,17,20,28,38-39,55-56H,1-8,13-16,18-19,21-27,29-34H2,(H,51,63)(H,52,64)(H,65,66)(H,67,68)(H,69,70)(H,71,72)(H,73,74)(H,75,76)(H2,53,54,77). The van der Waals surface area contributed by atoms with Crippen molar-refractivity contribution in [1.29, 1.82) is 0 Å². The first-order chi connectivity index (χ1) is 37.3. The van der Waals surface area contributed by atoms with Gasteiger partial charge in [-0.15, -0.1) is 5.53 Å². The highest BCUT2D eigenvalue weighted by Gasteiger charge is 2.26. The van der Waals surface area contributed by atoms with Crippen molar-refractivity contribution in [3.05, 3.63) is 59.9 Å². The lowest BCUT2D eigenvalue weighted by atomic mass is 10.1. The highest BCUT2D eigenvalue weighted by atomic mass is 16.5. The van der Waals surface area contributed by atoms with Crippen molar-refractivity contribution >= 4 is 53.7 Å². The third-order valence-electron chi connectivity index (χ3n) is 12.5. The quantitative estimate of drug-likeness (QED) is 0.0362. The van der Waals surface area contributed by atoms with E-state index in [1.54, 1.807) is 26.8 Å². The lowest BCUT2D eigenvalue weighted by molar-refractivity contribution is -0.141. The van der Waals surface area contributed by atoms with Crippen molar-refractivity contribution in [3.8, 4) is 5.75 Å². The van der Waals surface area contributed by atoms with Gasteiger partial charge in [0.25, 0.3) is 0 Å². The van der Waals surface area contributed by atoms with Gasteiger partial charge < -0.3 is 66.6 Å². The molecule has 2 aliphatic rings. The number of nitrogens with one attached hydrogen (secondary N) is 6.